The first-order valence-corrected chi connectivity index (χ1v) is 18.9. The van der Waals surface area contributed by atoms with E-state index in [1.807, 2.05) is 78.9 Å². The zero-order valence-electron chi connectivity index (χ0n) is 31.0. The highest BCUT2D eigenvalue weighted by atomic mass is 16.6. The van der Waals surface area contributed by atoms with Gasteiger partial charge in [0.2, 0.25) is 0 Å². The SMILES string of the molecule is COC(=O)C[C@@H]1C[C@H](OCc2ccccc2)[C@@H](OCc2ccccc2)[C@H](C#C[C@H]2[C@H](C)[C@@H]2COC(c2ccccc2)(c2ccccc2)c2ccccc2)O1. The van der Waals surface area contributed by atoms with Crippen molar-refractivity contribution < 1.29 is 28.5 Å². The number of carbonyl (C=O) groups excluding carboxylic acids is 1. The van der Waals surface area contributed by atoms with Gasteiger partial charge in [-0.1, -0.05) is 170 Å². The highest BCUT2D eigenvalue weighted by Gasteiger charge is 2.49. The Morgan fingerprint density at radius 1 is 0.685 bits per heavy atom. The molecule has 276 valence electrons. The molecule has 1 saturated heterocycles. The molecule has 7 rings (SSSR count). The van der Waals surface area contributed by atoms with Crippen LogP contribution in [-0.2, 0) is 47.3 Å². The van der Waals surface area contributed by atoms with Gasteiger partial charge >= 0.3 is 5.97 Å². The summed E-state index contributed by atoms with van der Waals surface area (Å²) in [6.45, 7) is 3.55. The lowest BCUT2D eigenvalue weighted by Gasteiger charge is -2.39. The maximum absolute atomic E-state index is 12.5. The molecule has 1 aliphatic carbocycles. The van der Waals surface area contributed by atoms with Crippen LogP contribution in [0, 0.1) is 29.6 Å². The summed E-state index contributed by atoms with van der Waals surface area (Å²) in [7, 11) is 1.40. The van der Waals surface area contributed by atoms with E-state index in [2.05, 4.69) is 91.6 Å². The van der Waals surface area contributed by atoms with Crippen LogP contribution in [0.25, 0.3) is 0 Å². The summed E-state index contributed by atoms with van der Waals surface area (Å²) in [5.74, 6) is 7.39. The molecule has 0 radical (unpaired) electrons. The Kier molecular flexibility index (Phi) is 12.3. The van der Waals surface area contributed by atoms with Gasteiger partial charge in [-0.15, -0.1) is 0 Å². The molecule has 5 aromatic carbocycles. The topological polar surface area (TPSA) is 63.2 Å². The summed E-state index contributed by atoms with van der Waals surface area (Å²) in [6.07, 6.45) is -1.26. The van der Waals surface area contributed by atoms with Gasteiger partial charge in [0.15, 0.2) is 0 Å². The number of rotatable bonds is 14. The zero-order chi connectivity index (χ0) is 37.2. The van der Waals surface area contributed by atoms with Crippen molar-refractivity contribution in [3.63, 3.8) is 0 Å². The van der Waals surface area contributed by atoms with E-state index in [1.54, 1.807) is 0 Å². The van der Waals surface area contributed by atoms with Gasteiger partial charge in [-0.25, -0.2) is 0 Å². The number of carbonyl (C=O) groups is 1. The summed E-state index contributed by atoms with van der Waals surface area (Å²) in [6, 6.07) is 51.5. The second-order valence-corrected chi connectivity index (χ2v) is 14.2. The van der Waals surface area contributed by atoms with Crippen molar-refractivity contribution in [1.82, 2.24) is 0 Å². The second kappa shape index (κ2) is 17.9. The predicted octanol–water partition coefficient (Wildman–Crippen LogP) is 8.77. The van der Waals surface area contributed by atoms with E-state index in [0.717, 1.165) is 27.8 Å². The van der Waals surface area contributed by atoms with Crippen molar-refractivity contribution in [1.29, 1.82) is 0 Å². The van der Waals surface area contributed by atoms with Crippen molar-refractivity contribution in [3.8, 4) is 11.8 Å². The standard InChI is InChI=1S/C48H48O6/c1-35-42(43(35)34-53-48(38-22-12-5-13-23-38,39-24-14-6-15-25-39)40-26-16-7-17-27-40)28-29-44-47(52-33-37-20-10-4-11-21-37)45(30-41(54-44)31-46(49)50-2)51-32-36-18-8-3-9-19-36/h3-27,35,41-45,47H,30-34H2,1-2H3/t35-,41-,42-,43-,44-,45-,47-/m0/s1. The fourth-order valence-electron chi connectivity index (χ4n) is 7.55. The molecule has 54 heavy (non-hydrogen) atoms. The van der Waals surface area contributed by atoms with Gasteiger partial charge in [-0.3, -0.25) is 4.79 Å². The predicted molar refractivity (Wildman–Crippen MR) is 209 cm³/mol. The average molecular weight is 721 g/mol. The van der Waals surface area contributed by atoms with Gasteiger partial charge in [0.25, 0.3) is 0 Å². The minimum absolute atomic E-state index is 0.105. The average Bonchev–Trinajstić information content (AvgIpc) is 3.87. The lowest BCUT2D eigenvalue weighted by molar-refractivity contribution is -0.195. The van der Waals surface area contributed by atoms with Crippen molar-refractivity contribution in [2.45, 2.75) is 63.0 Å². The minimum atomic E-state index is -0.794. The number of methoxy groups -OCH3 is 1. The van der Waals surface area contributed by atoms with Gasteiger partial charge in [0.1, 0.15) is 17.8 Å². The molecular formula is C48H48O6. The van der Waals surface area contributed by atoms with Gasteiger partial charge < -0.3 is 23.7 Å². The molecular weight excluding hydrogens is 673 g/mol. The molecule has 5 aromatic rings. The van der Waals surface area contributed by atoms with Crippen molar-refractivity contribution >= 4 is 5.97 Å². The second-order valence-electron chi connectivity index (χ2n) is 14.2. The Labute approximate surface area is 319 Å². The van der Waals surface area contributed by atoms with Gasteiger partial charge in [-0.05, 0) is 33.7 Å². The Balaban J connectivity index is 1.14. The fourth-order valence-corrected chi connectivity index (χ4v) is 7.55. The first kappa shape index (κ1) is 37.3. The van der Waals surface area contributed by atoms with Crippen LogP contribution in [-0.4, -0.2) is 44.1 Å². The van der Waals surface area contributed by atoms with E-state index < -0.39 is 23.9 Å². The Morgan fingerprint density at radius 2 is 1.17 bits per heavy atom. The highest BCUT2D eigenvalue weighted by molar-refractivity contribution is 5.69. The summed E-state index contributed by atoms with van der Waals surface area (Å²) < 4.78 is 32.0. The molecule has 0 spiro atoms. The molecule has 0 N–H and O–H groups in total. The summed E-state index contributed by atoms with van der Waals surface area (Å²) in [5.41, 5.74) is 4.54. The normalized spacial score (nSPS) is 23.5. The molecule has 2 fully saturated rings. The summed E-state index contributed by atoms with van der Waals surface area (Å²) >= 11 is 0. The molecule has 0 unspecified atom stereocenters. The highest BCUT2D eigenvalue weighted by Crippen LogP contribution is 2.49. The molecule has 1 aliphatic heterocycles. The van der Waals surface area contributed by atoms with Crippen LogP contribution in [0.2, 0.25) is 0 Å². The molecule has 0 aromatic heterocycles. The molecule has 1 heterocycles. The lowest BCUT2D eigenvalue weighted by Crippen LogP contribution is -2.50. The molecule has 6 nitrogen and oxygen atoms in total. The van der Waals surface area contributed by atoms with Crippen LogP contribution >= 0.6 is 0 Å². The van der Waals surface area contributed by atoms with Gasteiger partial charge in [0, 0.05) is 18.3 Å². The van der Waals surface area contributed by atoms with Crippen molar-refractivity contribution in [2.24, 2.45) is 17.8 Å². The zero-order valence-corrected chi connectivity index (χ0v) is 31.0. The molecule has 7 atom stereocenters. The maximum atomic E-state index is 12.5. The third-order valence-electron chi connectivity index (χ3n) is 10.7. The third-order valence-corrected chi connectivity index (χ3v) is 10.7. The van der Waals surface area contributed by atoms with Crippen LogP contribution < -0.4 is 0 Å². The first-order valence-electron chi connectivity index (χ1n) is 18.9. The van der Waals surface area contributed by atoms with Crippen LogP contribution in [0.1, 0.15) is 47.6 Å². The van der Waals surface area contributed by atoms with E-state index in [4.69, 9.17) is 23.7 Å². The number of hydrogen-bond donors (Lipinski definition) is 0. The Morgan fingerprint density at radius 3 is 1.67 bits per heavy atom. The first-order chi connectivity index (χ1) is 26.5. The number of hydrogen-bond acceptors (Lipinski definition) is 6. The van der Waals surface area contributed by atoms with Gasteiger partial charge in [0.05, 0.1) is 45.6 Å². The number of ether oxygens (including phenoxy) is 5. The molecule has 2 aliphatic rings. The third kappa shape index (κ3) is 8.84. The number of benzene rings is 5. The van der Waals surface area contributed by atoms with E-state index >= 15 is 0 Å². The van der Waals surface area contributed by atoms with E-state index in [0.29, 0.717) is 32.2 Å². The van der Waals surface area contributed by atoms with Crippen molar-refractivity contribution in [2.75, 3.05) is 13.7 Å². The number of esters is 1. The van der Waals surface area contributed by atoms with Crippen LogP contribution in [0.4, 0.5) is 0 Å². The summed E-state index contributed by atoms with van der Waals surface area (Å²) in [5, 5.41) is 0. The van der Waals surface area contributed by atoms with Crippen molar-refractivity contribution in [3.05, 3.63) is 179 Å². The summed E-state index contributed by atoms with van der Waals surface area (Å²) in [4.78, 5) is 12.5. The fraction of sp³-hybridized carbons (Fsp3) is 0.312. The molecule has 1 saturated carbocycles. The van der Waals surface area contributed by atoms with E-state index in [1.165, 1.54) is 7.11 Å². The quantitative estimate of drug-likeness (QED) is 0.0650. The lowest BCUT2D eigenvalue weighted by atomic mass is 9.80. The molecule has 6 heteroatoms. The minimum Gasteiger partial charge on any atom is -0.469 e. The monoisotopic (exact) mass is 720 g/mol. The van der Waals surface area contributed by atoms with Crippen LogP contribution in [0.5, 0.6) is 0 Å². The molecule has 0 amide bonds. The smallest absolute Gasteiger partial charge is 0.308 e. The maximum Gasteiger partial charge on any atom is 0.308 e. The van der Waals surface area contributed by atoms with Gasteiger partial charge in [-0.2, -0.15) is 0 Å². The molecule has 0 bridgehead atoms. The van der Waals surface area contributed by atoms with E-state index in [-0.39, 0.29) is 30.3 Å². The Bertz CT molecular complexity index is 1860. The Hall–Kier alpha value is -5.03. The largest absolute Gasteiger partial charge is 0.469 e. The van der Waals surface area contributed by atoms with E-state index in [9.17, 15) is 4.79 Å². The van der Waals surface area contributed by atoms with Crippen LogP contribution in [0.15, 0.2) is 152 Å². The van der Waals surface area contributed by atoms with Crippen LogP contribution in [0.3, 0.4) is 0 Å².